The third-order valence-corrected chi connectivity index (χ3v) is 0.816. The molecule has 0 amide bonds. The fourth-order valence-electron chi connectivity index (χ4n) is 0.318. The summed E-state index contributed by atoms with van der Waals surface area (Å²) in [7, 11) is 0. The molecule has 37 valence electrons. The van der Waals surface area contributed by atoms with Gasteiger partial charge in [-0.25, -0.2) is 0 Å². The van der Waals surface area contributed by atoms with E-state index in [-0.39, 0.29) is 5.62 Å². The Balaban J connectivity index is 2.49. The highest BCUT2D eigenvalue weighted by Crippen LogP contribution is 1.96. The van der Waals surface area contributed by atoms with Crippen molar-refractivity contribution in [3.63, 3.8) is 0 Å². The van der Waals surface area contributed by atoms with E-state index >= 15 is 0 Å². The first-order valence-corrected chi connectivity index (χ1v) is 2.35. The fraction of sp³-hybridized carbons (Fsp3) is 0.250. The summed E-state index contributed by atoms with van der Waals surface area (Å²) < 4.78 is 0. The van der Waals surface area contributed by atoms with Crippen LogP contribution in [0, 0.1) is 0 Å². The predicted molar refractivity (Wildman–Crippen MR) is 29.4 cm³/mol. The maximum Gasteiger partial charge on any atom is 0.214 e. The van der Waals surface area contributed by atoms with E-state index in [0.29, 0.717) is 0 Å². The van der Waals surface area contributed by atoms with Gasteiger partial charge in [-0.3, -0.25) is 10.3 Å². The zero-order valence-corrected chi connectivity index (χ0v) is 4.34. The smallest absolute Gasteiger partial charge is 0.214 e. The molecule has 0 aromatic carbocycles. The topological polar surface area (TPSA) is 26.5 Å². The van der Waals surface area contributed by atoms with Crippen LogP contribution in [0.5, 0.6) is 0 Å². The Labute approximate surface area is 46.9 Å². The van der Waals surface area contributed by atoms with E-state index in [9.17, 15) is 0 Å². The van der Waals surface area contributed by atoms with E-state index < -0.39 is 0 Å². The van der Waals surface area contributed by atoms with Gasteiger partial charge in [-0.05, 0) is 6.08 Å². The number of aliphatic imine (C=N–C) groups is 1. The molecule has 0 saturated heterocycles. The minimum atomic E-state index is -0.384. The lowest BCUT2D eigenvalue weighted by atomic mass is 10.6. The number of nitrogens with zero attached hydrogens (tertiary/aromatic N) is 2. The molecule has 0 spiro atoms. The van der Waals surface area contributed by atoms with Gasteiger partial charge in [0.05, 0.1) is 0 Å². The highest BCUT2D eigenvalue weighted by Gasteiger charge is 1.96. The zero-order valence-electron chi connectivity index (χ0n) is 3.58. The molecular formula is C4H4ClN2. The molecule has 1 rings (SSSR count). The van der Waals surface area contributed by atoms with Crippen molar-refractivity contribution >= 4 is 17.8 Å². The van der Waals surface area contributed by atoms with Crippen LogP contribution in [-0.2, 0) is 0 Å². The van der Waals surface area contributed by atoms with Crippen LogP contribution >= 0.6 is 11.6 Å². The molecule has 0 aromatic heterocycles. The number of halogens is 1. The number of hydrogen-bond acceptors (Lipinski definition) is 1. The van der Waals surface area contributed by atoms with Gasteiger partial charge in [0.1, 0.15) is 0 Å². The second kappa shape index (κ2) is 1.98. The Bertz CT molecular complexity index is 108. The summed E-state index contributed by atoms with van der Waals surface area (Å²) in [6, 6.07) is 0. The summed E-state index contributed by atoms with van der Waals surface area (Å²) >= 11 is 5.40. The summed E-state index contributed by atoms with van der Waals surface area (Å²) in [5, 5.41) is 3.72. The molecule has 0 saturated carbocycles. The third-order valence-electron chi connectivity index (χ3n) is 0.590. The molecular weight excluding hydrogens is 112 g/mol. The van der Waals surface area contributed by atoms with Gasteiger partial charge in [-0.1, -0.05) is 11.6 Å². The van der Waals surface area contributed by atoms with E-state index in [1.165, 1.54) is 0 Å². The zero-order chi connectivity index (χ0) is 5.11. The Hall–Kier alpha value is -0.500. The largest absolute Gasteiger partial charge is 0.251 e. The summed E-state index contributed by atoms with van der Waals surface area (Å²) in [6.45, 7) is 0. The van der Waals surface area contributed by atoms with Gasteiger partial charge in [0.15, 0.2) is 0 Å². The molecule has 0 N–H and O–H groups in total. The van der Waals surface area contributed by atoms with Gasteiger partial charge in [-0.15, -0.1) is 0 Å². The van der Waals surface area contributed by atoms with E-state index in [4.69, 9.17) is 11.6 Å². The van der Waals surface area contributed by atoms with Crippen molar-refractivity contribution in [2.45, 2.75) is 5.62 Å². The molecule has 1 heterocycles. The predicted octanol–water partition coefficient (Wildman–Crippen LogP) is 0.711. The third kappa shape index (κ3) is 1.20. The Morgan fingerprint density at radius 3 is 2.71 bits per heavy atom. The lowest BCUT2D eigenvalue weighted by Gasteiger charge is -2.00. The van der Waals surface area contributed by atoms with Gasteiger partial charge in [0, 0.05) is 12.4 Å². The average molecular weight is 116 g/mol. The molecule has 0 aromatic rings. The second-order valence-corrected chi connectivity index (χ2v) is 1.49. The minimum absolute atomic E-state index is 0.384. The maximum atomic E-state index is 5.40. The number of alkyl halides is 1. The van der Waals surface area contributed by atoms with Crippen LogP contribution < -0.4 is 5.32 Å². The molecule has 2 nitrogen and oxygen atoms in total. The molecule has 1 atom stereocenters. The van der Waals surface area contributed by atoms with Crippen molar-refractivity contribution < 1.29 is 0 Å². The van der Waals surface area contributed by atoms with Crippen LogP contribution in [0.3, 0.4) is 0 Å². The van der Waals surface area contributed by atoms with Gasteiger partial charge >= 0.3 is 0 Å². The van der Waals surface area contributed by atoms with E-state index in [2.05, 4.69) is 10.3 Å². The van der Waals surface area contributed by atoms with Crippen molar-refractivity contribution in [2.75, 3.05) is 0 Å². The highest BCUT2D eigenvalue weighted by molar-refractivity contribution is 6.20. The monoisotopic (exact) mass is 115 g/mol. The van der Waals surface area contributed by atoms with Crippen LogP contribution in [0.25, 0.3) is 0 Å². The average Bonchev–Trinajstić information content (AvgIpc) is 1.69. The summed E-state index contributed by atoms with van der Waals surface area (Å²) in [5.41, 5.74) is -0.384. The first kappa shape index (κ1) is 4.65. The van der Waals surface area contributed by atoms with Crippen LogP contribution in [0.15, 0.2) is 17.3 Å². The summed E-state index contributed by atoms with van der Waals surface area (Å²) in [4.78, 5) is 3.72. The van der Waals surface area contributed by atoms with Crippen LogP contribution in [0.2, 0.25) is 0 Å². The van der Waals surface area contributed by atoms with Crippen LogP contribution in [-0.4, -0.2) is 11.8 Å². The SMILES string of the molecule is ClC1[N]C=CC=N1. The van der Waals surface area contributed by atoms with Crippen molar-refractivity contribution in [3.8, 4) is 0 Å². The molecule has 1 unspecified atom stereocenters. The molecule has 1 aliphatic heterocycles. The van der Waals surface area contributed by atoms with E-state index in [0.717, 1.165) is 0 Å². The lowest BCUT2D eigenvalue weighted by molar-refractivity contribution is 0.790. The van der Waals surface area contributed by atoms with Gasteiger partial charge in [0.25, 0.3) is 0 Å². The minimum Gasteiger partial charge on any atom is -0.251 e. The van der Waals surface area contributed by atoms with E-state index in [1.54, 1.807) is 18.5 Å². The second-order valence-electron chi connectivity index (χ2n) is 1.10. The van der Waals surface area contributed by atoms with E-state index in [1.807, 2.05) is 0 Å². The molecule has 1 radical (unpaired) electrons. The molecule has 3 heteroatoms. The Morgan fingerprint density at radius 2 is 2.43 bits per heavy atom. The maximum absolute atomic E-state index is 5.40. The standard InChI is InChI=1S/C4H4ClN2/c5-4-6-2-1-3-7-4/h1-4H. The molecule has 1 aliphatic rings. The number of allylic oxidation sites excluding steroid dienone is 1. The number of hydrogen-bond donors (Lipinski definition) is 0. The first-order valence-electron chi connectivity index (χ1n) is 1.92. The van der Waals surface area contributed by atoms with Crippen molar-refractivity contribution in [1.82, 2.24) is 5.32 Å². The molecule has 0 aliphatic carbocycles. The van der Waals surface area contributed by atoms with Crippen molar-refractivity contribution in [3.05, 3.63) is 12.3 Å². The summed E-state index contributed by atoms with van der Waals surface area (Å²) in [6.07, 6.45) is 4.99. The van der Waals surface area contributed by atoms with Crippen molar-refractivity contribution in [1.29, 1.82) is 0 Å². The van der Waals surface area contributed by atoms with Crippen molar-refractivity contribution in [2.24, 2.45) is 4.99 Å². The summed E-state index contributed by atoms with van der Waals surface area (Å²) in [5.74, 6) is 0. The Morgan fingerprint density at radius 1 is 1.57 bits per heavy atom. The normalized spacial score (nSPS) is 27.3. The van der Waals surface area contributed by atoms with Crippen LogP contribution in [0.4, 0.5) is 0 Å². The molecule has 0 bridgehead atoms. The first-order chi connectivity index (χ1) is 3.39. The number of rotatable bonds is 0. The van der Waals surface area contributed by atoms with Crippen LogP contribution in [0.1, 0.15) is 0 Å². The highest BCUT2D eigenvalue weighted by atomic mass is 35.5. The van der Waals surface area contributed by atoms with Gasteiger partial charge in [0.2, 0.25) is 5.62 Å². The Kier molecular flexibility index (Phi) is 1.32. The quantitative estimate of drug-likeness (QED) is 0.329. The lowest BCUT2D eigenvalue weighted by Crippen LogP contribution is -2.09. The van der Waals surface area contributed by atoms with Gasteiger partial charge in [-0.2, -0.15) is 0 Å². The molecule has 7 heavy (non-hydrogen) atoms. The molecule has 0 fully saturated rings. The van der Waals surface area contributed by atoms with Gasteiger partial charge < -0.3 is 0 Å². The fourth-order valence-corrected chi connectivity index (χ4v) is 0.449.